The lowest BCUT2D eigenvalue weighted by Crippen LogP contribution is -2.44. The number of piperidine rings is 1. The van der Waals surface area contributed by atoms with Crippen LogP contribution in [0, 0.1) is 25.6 Å². The van der Waals surface area contributed by atoms with Gasteiger partial charge < -0.3 is 5.73 Å². The zero-order valence-corrected chi connectivity index (χ0v) is 14.7. The van der Waals surface area contributed by atoms with Crippen molar-refractivity contribution >= 4 is 5.91 Å². The molecule has 2 heterocycles. The predicted octanol–water partition coefficient (Wildman–Crippen LogP) is 1.97. The normalized spacial score (nSPS) is 19.7. The fourth-order valence-electron chi connectivity index (χ4n) is 3.66. The third-order valence-electron chi connectivity index (χ3n) is 4.76. The van der Waals surface area contributed by atoms with Crippen molar-refractivity contribution in [1.29, 1.82) is 0 Å². The number of nitrogens with two attached hydrogens (primary N) is 1. The highest BCUT2D eigenvalue weighted by atomic mass is 19.1. The molecule has 0 aliphatic carbocycles. The average molecular weight is 345 g/mol. The number of nitrogens with zero attached hydrogens (tertiary/aromatic N) is 4. The number of carbonyl (C=O) groups excluding carboxylic acids is 1. The average Bonchev–Trinajstić information content (AvgIpc) is 2.87. The predicted molar refractivity (Wildman–Crippen MR) is 92.1 cm³/mol. The molecule has 2 atom stereocenters. The Hall–Kier alpha value is -2.28. The number of likely N-dealkylation sites (tertiary alicyclic amines) is 1. The number of halogens is 1. The van der Waals surface area contributed by atoms with E-state index >= 15 is 0 Å². The maximum atomic E-state index is 13.2. The first kappa shape index (κ1) is 17.5. The number of aryl methyl sites for hydroxylation is 2. The van der Waals surface area contributed by atoms with Gasteiger partial charge in [-0.15, -0.1) is 0 Å². The Labute approximate surface area is 146 Å². The maximum Gasteiger partial charge on any atom is 0.239 e. The number of primary amides is 1. The summed E-state index contributed by atoms with van der Waals surface area (Å²) >= 11 is 0. The van der Waals surface area contributed by atoms with Crippen LogP contribution in [-0.4, -0.2) is 38.7 Å². The van der Waals surface area contributed by atoms with Gasteiger partial charge in [-0.3, -0.25) is 9.69 Å². The molecule has 1 amide bonds. The minimum Gasteiger partial charge on any atom is -0.368 e. The van der Waals surface area contributed by atoms with Crippen molar-refractivity contribution in [1.82, 2.24) is 19.7 Å². The minimum atomic E-state index is -0.526. The molecular formula is C18H24FN5O. The summed E-state index contributed by atoms with van der Waals surface area (Å²) in [4.78, 5) is 18.5. The van der Waals surface area contributed by atoms with E-state index in [9.17, 15) is 9.18 Å². The molecule has 1 aromatic carbocycles. The lowest BCUT2D eigenvalue weighted by Gasteiger charge is -2.37. The van der Waals surface area contributed by atoms with Crippen molar-refractivity contribution in [3.05, 3.63) is 47.3 Å². The van der Waals surface area contributed by atoms with Crippen molar-refractivity contribution < 1.29 is 9.18 Å². The van der Waals surface area contributed by atoms with Crippen LogP contribution in [0.25, 0.3) is 0 Å². The van der Waals surface area contributed by atoms with E-state index in [0.717, 1.165) is 49.7 Å². The summed E-state index contributed by atoms with van der Waals surface area (Å²) in [6, 6.07) is 5.49. The Balaban J connectivity index is 1.75. The van der Waals surface area contributed by atoms with Gasteiger partial charge in [0.25, 0.3) is 0 Å². The van der Waals surface area contributed by atoms with Crippen LogP contribution < -0.4 is 5.73 Å². The number of benzene rings is 1. The molecule has 6 nitrogen and oxygen atoms in total. The van der Waals surface area contributed by atoms with Crippen LogP contribution in [0.4, 0.5) is 4.39 Å². The van der Waals surface area contributed by atoms with Crippen LogP contribution in [0.2, 0.25) is 0 Å². The topological polar surface area (TPSA) is 77.0 Å². The van der Waals surface area contributed by atoms with Crippen LogP contribution in [0.1, 0.15) is 36.1 Å². The summed E-state index contributed by atoms with van der Waals surface area (Å²) in [5.41, 5.74) is 6.40. The van der Waals surface area contributed by atoms with Crippen LogP contribution in [0.3, 0.4) is 0 Å². The second kappa shape index (κ2) is 7.31. The zero-order chi connectivity index (χ0) is 18.0. The Morgan fingerprint density at radius 1 is 1.36 bits per heavy atom. The van der Waals surface area contributed by atoms with Crippen molar-refractivity contribution in [3.8, 4) is 0 Å². The standard InChI is InChI=1S/C18H24FN5O/c1-12-21-13(2)24(22-12)11-14-4-3-9-23(10-14)17(18(20)25)15-5-7-16(19)8-6-15/h5-8,14,17H,3-4,9-11H2,1-2H3,(H2,20,25)/t14-,17+/m0/s1. The molecule has 0 spiro atoms. The molecule has 1 aliphatic heterocycles. The fraction of sp³-hybridized carbons (Fsp3) is 0.500. The van der Waals surface area contributed by atoms with E-state index in [1.165, 1.54) is 12.1 Å². The fourth-order valence-corrected chi connectivity index (χ4v) is 3.66. The lowest BCUT2D eigenvalue weighted by atomic mass is 9.94. The van der Waals surface area contributed by atoms with Crippen molar-refractivity contribution in [3.63, 3.8) is 0 Å². The van der Waals surface area contributed by atoms with Gasteiger partial charge in [0.05, 0.1) is 0 Å². The molecule has 1 saturated heterocycles. The first-order chi connectivity index (χ1) is 11.9. The summed E-state index contributed by atoms with van der Waals surface area (Å²) in [6.07, 6.45) is 2.06. The molecule has 0 radical (unpaired) electrons. The van der Waals surface area contributed by atoms with Gasteiger partial charge >= 0.3 is 0 Å². The molecule has 1 aromatic heterocycles. The summed E-state index contributed by atoms with van der Waals surface area (Å²) < 4.78 is 15.1. The summed E-state index contributed by atoms with van der Waals surface area (Å²) in [6.45, 7) is 6.16. The number of hydrogen-bond acceptors (Lipinski definition) is 4. The Kier molecular flexibility index (Phi) is 5.13. The van der Waals surface area contributed by atoms with Crippen LogP contribution in [0.15, 0.2) is 24.3 Å². The highest BCUT2D eigenvalue weighted by Crippen LogP contribution is 2.28. The highest BCUT2D eigenvalue weighted by molar-refractivity contribution is 5.81. The lowest BCUT2D eigenvalue weighted by molar-refractivity contribution is -0.124. The first-order valence-electron chi connectivity index (χ1n) is 8.61. The smallest absolute Gasteiger partial charge is 0.239 e. The molecule has 2 N–H and O–H groups in total. The highest BCUT2D eigenvalue weighted by Gasteiger charge is 2.31. The zero-order valence-electron chi connectivity index (χ0n) is 14.7. The number of rotatable bonds is 5. The summed E-state index contributed by atoms with van der Waals surface area (Å²) in [7, 11) is 0. The van der Waals surface area contributed by atoms with Gasteiger partial charge in [-0.1, -0.05) is 12.1 Å². The van der Waals surface area contributed by atoms with E-state index in [1.54, 1.807) is 12.1 Å². The SMILES string of the molecule is Cc1nc(C)n(C[C@H]2CCCN([C@@H](C(N)=O)c3ccc(F)cc3)C2)n1. The molecule has 3 rings (SSSR count). The number of hydrogen-bond donors (Lipinski definition) is 1. The quantitative estimate of drug-likeness (QED) is 0.899. The van der Waals surface area contributed by atoms with Gasteiger partial charge in [-0.05, 0) is 56.8 Å². The number of amides is 1. The minimum absolute atomic E-state index is 0.319. The molecule has 0 unspecified atom stereocenters. The van der Waals surface area contributed by atoms with Crippen LogP contribution >= 0.6 is 0 Å². The van der Waals surface area contributed by atoms with Crippen molar-refractivity contribution in [2.24, 2.45) is 11.7 Å². The van der Waals surface area contributed by atoms with Gasteiger partial charge in [-0.25, -0.2) is 14.1 Å². The van der Waals surface area contributed by atoms with Crippen molar-refractivity contribution in [2.75, 3.05) is 13.1 Å². The molecule has 7 heteroatoms. The van der Waals surface area contributed by atoms with E-state index in [4.69, 9.17) is 5.73 Å². The van der Waals surface area contributed by atoms with Gasteiger partial charge in [0.1, 0.15) is 23.5 Å². The van der Waals surface area contributed by atoms with E-state index in [1.807, 2.05) is 18.5 Å². The van der Waals surface area contributed by atoms with Crippen LogP contribution in [-0.2, 0) is 11.3 Å². The van der Waals surface area contributed by atoms with E-state index < -0.39 is 11.9 Å². The second-order valence-electron chi connectivity index (χ2n) is 6.75. The van der Waals surface area contributed by atoms with Gasteiger partial charge in [-0.2, -0.15) is 5.10 Å². The second-order valence-corrected chi connectivity index (χ2v) is 6.75. The molecule has 25 heavy (non-hydrogen) atoms. The molecule has 1 fully saturated rings. The number of aromatic nitrogens is 3. The largest absolute Gasteiger partial charge is 0.368 e. The summed E-state index contributed by atoms with van der Waals surface area (Å²) in [5, 5.41) is 4.43. The molecular weight excluding hydrogens is 321 g/mol. The molecule has 0 bridgehead atoms. The summed E-state index contributed by atoms with van der Waals surface area (Å²) in [5.74, 6) is 1.32. The first-order valence-corrected chi connectivity index (χ1v) is 8.61. The van der Waals surface area contributed by atoms with Crippen molar-refractivity contribution in [2.45, 2.75) is 39.3 Å². The third-order valence-corrected chi connectivity index (χ3v) is 4.76. The number of carbonyl (C=O) groups is 1. The maximum absolute atomic E-state index is 13.2. The molecule has 134 valence electrons. The molecule has 1 aliphatic rings. The third kappa shape index (κ3) is 4.04. The Bertz CT molecular complexity index is 742. The van der Waals surface area contributed by atoms with Gasteiger partial charge in [0, 0.05) is 13.1 Å². The molecule has 2 aromatic rings. The van der Waals surface area contributed by atoms with E-state index in [2.05, 4.69) is 15.0 Å². The Morgan fingerprint density at radius 3 is 2.68 bits per heavy atom. The monoisotopic (exact) mass is 345 g/mol. The van der Waals surface area contributed by atoms with E-state index in [0.29, 0.717) is 5.92 Å². The Morgan fingerprint density at radius 2 is 2.08 bits per heavy atom. The molecule has 0 saturated carbocycles. The van der Waals surface area contributed by atoms with Gasteiger partial charge in [0.2, 0.25) is 5.91 Å². The van der Waals surface area contributed by atoms with Crippen LogP contribution in [0.5, 0.6) is 0 Å². The van der Waals surface area contributed by atoms with E-state index in [-0.39, 0.29) is 5.82 Å². The van der Waals surface area contributed by atoms with Gasteiger partial charge in [0.15, 0.2) is 0 Å².